The van der Waals surface area contributed by atoms with Crippen molar-refractivity contribution >= 4 is 11.9 Å². The lowest BCUT2D eigenvalue weighted by atomic mass is 9.96. The maximum Gasteiger partial charge on any atom is 0.338 e. The summed E-state index contributed by atoms with van der Waals surface area (Å²) < 4.78 is 4.72. The molecule has 0 saturated carbocycles. The van der Waals surface area contributed by atoms with E-state index in [1.54, 1.807) is 24.5 Å². The molecule has 0 fully saturated rings. The van der Waals surface area contributed by atoms with E-state index in [4.69, 9.17) is 4.74 Å². The summed E-state index contributed by atoms with van der Waals surface area (Å²) in [6, 6.07) is 8.58. The van der Waals surface area contributed by atoms with Gasteiger partial charge in [0.1, 0.15) is 0 Å². The number of esters is 1. The van der Waals surface area contributed by atoms with Gasteiger partial charge in [0.15, 0.2) is 0 Å². The monoisotopic (exact) mass is 268 g/mol. The van der Waals surface area contributed by atoms with Gasteiger partial charge in [0.05, 0.1) is 24.3 Å². The minimum Gasteiger partial charge on any atom is -0.465 e. The molecular weight excluding hydrogens is 256 g/mol. The van der Waals surface area contributed by atoms with Crippen LogP contribution in [-0.2, 0) is 4.74 Å². The fraction of sp³-hybridized carbons (Fsp3) is 0.133. The maximum atomic E-state index is 12.2. The highest BCUT2D eigenvalue weighted by atomic mass is 16.5. The van der Waals surface area contributed by atoms with Gasteiger partial charge in [-0.2, -0.15) is 0 Å². The molecule has 3 rings (SSSR count). The number of amides is 1. The molecule has 20 heavy (non-hydrogen) atoms. The largest absolute Gasteiger partial charge is 0.465 e. The number of benzene rings is 1. The zero-order valence-corrected chi connectivity index (χ0v) is 10.8. The minimum atomic E-state index is -0.510. The first-order valence-corrected chi connectivity index (χ1v) is 6.14. The Hall–Kier alpha value is -2.69. The van der Waals surface area contributed by atoms with Crippen molar-refractivity contribution in [3.05, 3.63) is 65.0 Å². The Morgan fingerprint density at radius 3 is 2.85 bits per heavy atom. The maximum absolute atomic E-state index is 12.2. The van der Waals surface area contributed by atoms with E-state index in [0.717, 1.165) is 11.1 Å². The molecule has 1 aromatic heterocycles. The summed E-state index contributed by atoms with van der Waals surface area (Å²) in [5.74, 6) is -0.779. The molecule has 2 aromatic rings. The molecule has 100 valence electrons. The van der Waals surface area contributed by atoms with E-state index in [1.807, 2.05) is 18.2 Å². The second kappa shape index (κ2) is 4.77. The van der Waals surface area contributed by atoms with Crippen LogP contribution in [0.4, 0.5) is 0 Å². The van der Waals surface area contributed by atoms with Gasteiger partial charge in [-0.3, -0.25) is 9.78 Å². The average molecular weight is 268 g/mol. The summed E-state index contributed by atoms with van der Waals surface area (Å²) in [5.41, 5.74) is 2.31. The quantitative estimate of drug-likeness (QED) is 0.842. The highest BCUT2D eigenvalue weighted by Crippen LogP contribution is 2.32. The Morgan fingerprint density at radius 1 is 1.30 bits per heavy atom. The summed E-state index contributed by atoms with van der Waals surface area (Å²) in [7, 11) is 1.30. The van der Waals surface area contributed by atoms with Gasteiger partial charge in [-0.15, -0.1) is 0 Å². The van der Waals surface area contributed by atoms with Gasteiger partial charge in [-0.05, 0) is 23.3 Å². The number of carbonyl (C=O) groups excluding carboxylic acids is 2. The normalized spacial score (nSPS) is 16.4. The number of carbonyl (C=O) groups is 2. The topological polar surface area (TPSA) is 68.3 Å². The smallest absolute Gasteiger partial charge is 0.338 e. The van der Waals surface area contributed by atoms with Gasteiger partial charge in [0.2, 0.25) is 0 Å². The molecule has 1 amide bonds. The number of rotatable bonds is 2. The van der Waals surface area contributed by atoms with Crippen molar-refractivity contribution in [2.75, 3.05) is 7.11 Å². The summed E-state index contributed by atoms with van der Waals surface area (Å²) in [4.78, 5) is 28.0. The summed E-state index contributed by atoms with van der Waals surface area (Å²) in [6.45, 7) is 0. The molecule has 0 spiro atoms. The summed E-state index contributed by atoms with van der Waals surface area (Å²) in [6.07, 6.45) is 3.37. The van der Waals surface area contributed by atoms with Gasteiger partial charge < -0.3 is 10.1 Å². The third-order valence-electron chi connectivity index (χ3n) is 3.33. The van der Waals surface area contributed by atoms with Gasteiger partial charge in [-0.25, -0.2) is 4.79 Å². The first kappa shape index (κ1) is 12.3. The van der Waals surface area contributed by atoms with E-state index in [1.165, 1.54) is 7.11 Å². The number of hydrogen-bond acceptors (Lipinski definition) is 4. The van der Waals surface area contributed by atoms with Crippen molar-refractivity contribution in [2.24, 2.45) is 0 Å². The minimum absolute atomic E-state index is 0.269. The fourth-order valence-corrected chi connectivity index (χ4v) is 2.43. The number of nitrogens with one attached hydrogen (secondary N) is 1. The second-order valence-corrected chi connectivity index (χ2v) is 4.45. The molecule has 0 bridgehead atoms. The van der Waals surface area contributed by atoms with Crippen molar-refractivity contribution in [2.45, 2.75) is 6.04 Å². The highest BCUT2D eigenvalue weighted by molar-refractivity contribution is 6.08. The predicted molar refractivity (Wildman–Crippen MR) is 71.3 cm³/mol. The van der Waals surface area contributed by atoms with Crippen molar-refractivity contribution < 1.29 is 14.3 Å². The molecule has 5 heteroatoms. The standard InChI is InChI=1S/C15H12N2O3/c1-20-15(19)11-6-2-5-10-12(11)14(18)17-13(10)9-4-3-7-16-8-9/h2-8,13H,1H3,(H,17,18). The first-order valence-electron chi connectivity index (χ1n) is 6.14. The third kappa shape index (κ3) is 1.84. The summed E-state index contributed by atoms with van der Waals surface area (Å²) in [5, 5.41) is 2.87. The number of fused-ring (bicyclic) bond motifs is 1. The van der Waals surface area contributed by atoms with Crippen LogP contribution in [0.5, 0.6) is 0 Å². The van der Waals surface area contributed by atoms with Crippen LogP contribution < -0.4 is 5.32 Å². The Labute approximate surface area is 115 Å². The Bertz CT molecular complexity index is 683. The van der Waals surface area contributed by atoms with E-state index in [9.17, 15) is 9.59 Å². The predicted octanol–water partition coefficient (Wildman–Crippen LogP) is 1.70. The van der Waals surface area contributed by atoms with Gasteiger partial charge in [-0.1, -0.05) is 18.2 Å². The zero-order chi connectivity index (χ0) is 14.1. The number of methoxy groups -OCH3 is 1. The summed E-state index contributed by atoms with van der Waals surface area (Å²) >= 11 is 0. The van der Waals surface area contributed by atoms with Gasteiger partial charge in [0.25, 0.3) is 5.91 Å². The van der Waals surface area contributed by atoms with E-state index in [2.05, 4.69) is 10.3 Å². The molecule has 2 heterocycles. The number of nitrogens with zero attached hydrogens (tertiary/aromatic N) is 1. The van der Waals surface area contributed by atoms with Crippen LogP contribution in [0.15, 0.2) is 42.7 Å². The number of ether oxygens (including phenoxy) is 1. The molecule has 1 aromatic carbocycles. The van der Waals surface area contributed by atoms with E-state index in [-0.39, 0.29) is 17.5 Å². The zero-order valence-electron chi connectivity index (χ0n) is 10.8. The van der Waals surface area contributed by atoms with Gasteiger partial charge in [0, 0.05) is 12.4 Å². The van der Waals surface area contributed by atoms with Crippen molar-refractivity contribution in [1.29, 1.82) is 0 Å². The van der Waals surface area contributed by atoms with Crippen LogP contribution in [0, 0.1) is 0 Å². The van der Waals surface area contributed by atoms with Crippen molar-refractivity contribution in [3.63, 3.8) is 0 Å². The van der Waals surface area contributed by atoms with Crippen LogP contribution in [0.2, 0.25) is 0 Å². The number of hydrogen-bond donors (Lipinski definition) is 1. The van der Waals surface area contributed by atoms with E-state index in [0.29, 0.717) is 5.56 Å². The second-order valence-electron chi connectivity index (χ2n) is 4.45. The molecule has 5 nitrogen and oxygen atoms in total. The molecule has 1 aliphatic heterocycles. The third-order valence-corrected chi connectivity index (χ3v) is 3.33. The lowest BCUT2D eigenvalue weighted by molar-refractivity contribution is 0.0597. The SMILES string of the molecule is COC(=O)c1cccc2c1C(=O)NC2c1cccnc1. The number of aromatic nitrogens is 1. The fourth-order valence-electron chi connectivity index (χ4n) is 2.43. The molecule has 1 aliphatic rings. The highest BCUT2D eigenvalue weighted by Gasteiger charge is 2.33. The lowest BCUT2D eigenvalue weighted by Crippen LogP contribution is -2.20. The molecule has 1 atom stereocenters. The first-order chi connectivity index (χ1) is 9.72. The Morgan fingerprint density at radius 2 is 2.15 bits per heavy atom. The van der Waals surface area contributed by atoms with Crippen LogP contribution in [0.3, 0.4) is 0 Å². The van der Waals surface area contributed by atoms with Gasteiger partial charge >= 0.3 is 5.97 Å². The van der Waals surface area contributed by atoms with E-state index < -0.39 is 5.97 Å². The molecule has 1 N–H and O–H groups in total. The lowest BCUT2D eigenvalue weighted by Gasteiger charge is -2.11. The van der Waals surface area contributed by atoms with Crippen LogP contribution in [0.25, 0.3) is 0 Å². The van der Waals surface area contributed by atoms with Crippen molar-refractivity contribution in [3.8, 4) is 0 Å². The molecule has 1 unspecified atom stereocenters. The Kier molecular flexibility index (Phi) is 2.95. The molecule has 0 radical (unpaired) electrons. The van der Waals surface area contributed by atoms with Crippen LogP contribution in [0.1, 0.15) is 37.9 Å². The molecule has 0 saturated heterocycles. The average Bonchev–Trinajstić information content (AvgIpc) is 2.85. The molecular formula is C15H12N2O3. The number of pyridine rings is 1. The van der Waals surface area contributed by atoms with Crippen LogP contribution in [-0.4, -0.2) is 24.0 Å². The van der Waals surface area contributed by atoms with Crippen molar-refractivity contribution in [1.82, 2.24) is 10.3 Å². The Balaban J connectivity index is 2.13. The molecule has 0 aliphatic carbocycles. The van der Waals surface area contributed by atoms with E-state index >= 15 is 0 Å². The van der Waals surface area contributed by atoms with Crippen LogP contribution >= 0.6 is 0 Å².